The molecule has 0 amide bonds. The van der Waals surface area contributed by atoms with Gasteiger partial charge in [0, 0.05) is 23.3 Å². The molecule has 2 aliphatic rings. The van der Waals surface area contributed by atoms with Gasteiger partial charge in [0.2, 0.25) is 0 Å². The standard InChI is InChI=1S/C15H10N4O6/c1-2-9-12(18(22)23)6-10-11(15(9)16)4-7-3-8(17(20)21)5-13(14(7)10)19(24)25/h3-6,16H,2H2,1H3. The maximum absolute atomic E-state index is 11.4. The lowest BCUT2D eigenvalue weighted by Gasteiger charge is -2.16. The first kappa shape index (κ1) is 16.2. The average molecular weight is 342 g/mol. The molecule has 0 bridgehead atoms. The fourth-order valence-electron chi connectivity index (χ4n) is 3.05. The number of nitrogens with one attached hydrogen (secondary N) is 1. The Hall–Kier alpha value is -3.69. The number of allylic oxidation sites excluding steroid dienone is 4. The summed E-state index contributed by atoms with van der Waals surface area (Å²) < 4.78 is 0. The van der Waals surface area contributed by atoms with Gasteiger partial charge in [-0.3, -0.25) is 35.8 Å². The summed E-state index contributed by atoms with van der Waals surface area (Å²) in [6.45, 7) is 1.67. The van der Waals surface area contributed by atoms with Crippen molar-refractivity contribution in [1.29, 1.82) is 5.41 Å². The molecule has 0 unspecified atom stereocenters. The molecule has 0 aromatic heterocycles. The van der Waals surface area contributed by atoms with Gasteiger partial charge in [-0.25, -0.2) is 0 Å². The summed E-state index contributed by atoms with van der Waals surface area (Å²) in [5.74, 6) is 0. The molecule has 3 rings (SSSR count). The van der Waals surface area contributed by atoms with Crippen molar-refractivity contribution >= 4 is 28.7 Å². The van der Waals surface area contributed by atoms with Gasteiger partial charge in [0.1, 0.15) is 0 Å². The van der Waals surface area contributed by atoms with Crippen LogP contribution >= 0.6 is 0 Å². The van der Waals surface area contributed by atoms with Crippen LogP contribution in [0.1, 0.15) is 24.5 Å². The zero-order valence-electron chi connectivity index (χ0n) is 12.8. The molecule has 0 saturated heterocycles. The predicted octanol–water partition coefficient (Wildman–Crippen LogP) is 3.26. The van der Waals surface area contributed by atoms with E-state index < -0.39 is 26.1 Å². The zero-order valence-corrected chi connectivity index (χ0v) is 12.8. The molecule has 0 heterocycles. The molecule has 0 radical (unpaired) electrons. The van der Waals surface area contributed by atoms with Gasteiger partial charge in [0.15, 0.2) is 0 Å². The number of non-ortho nitro benzene ring substituents is 1. The van der Waals surface area contributed by atoms with E-state index in [9.17, 15) is 30.3 Å². The van der Waals surface area contributed by atoms with Gasteiger partial charge in [-0.1, -0.05) is 6.92 Å². The number of hydrogen-bond acceptors (Lipinski definition) is 7. The fraction of sp³-hybridized carbons (Fsp3) is 0.133. The molecular formula is C15H10N4O6. The van der Waals surface area contributed by atoms with E-state index in [1.54, 1.807) is 6.92 Å². The Balaban J connectivity index is 2.33. The van der Waals surface area contributed by atoms with Gasteiger partial charge in [-0.15, -0.1) is 0 Å². The number of nitro groups is 3. The van der Waals surface area contributed by atoms with Crippen molar-refractivity contribution in [2.24, 2.45) is 0 Å². The van der Waals surface area contributed by atoms with Crippen molar-refractivity contribution < 1.29 is 14.8 Å². The average Bonchev–Trinajstić information content (AvgIpc) is 2.92. The predicted molar refractivity (Wildman–Crippen MR) is 87.7 cm³/mol. The van der Waals surface area contributed by atoms with Crippen LogP contribution in [0.25, 0.3) is 11.6 Å². The smallest absolute Gasteiger partial charge is 0.284 e. The van der Waals surface area contributed by atoms with Gasteiger partial charge < -0.3 is 0 Å². The Morgan fingerprint density at radius 3 is 2.16 bits per heavy atom. The van der Waals surface area contributed by atoms with E-state index in [-0.39, 0.29) is 40.1 Å². The summed E-state index contributed by atoms with van der Waals surface area (Å²) in [4.78, 5) is 31.5. The van der Waals surface area contributed by atoms with Crippen molar-refractivity contribution in [3.8, 4) is 0 Å². The van der Waals surface area contributed by atoms with E-state index >= 15 is 0 Å². The number of fused-ring (bicyclic) bond motifs is 3. The van der Waals surface area contributed by atoms with Gasteiger partial charge in [0.05, 0.1) is 37.7 Å². The second kappa shape index (κ2) is 5.44. The lowest BCUT2D eigenvalue weighted by Crippen LogP contribution is -2.16. The Morgan fingerprint density at radius 2 is 1.64 bits per heavy atom. The molecule has 0 fully saturated rings. The van der Waals surface area contributed by atoms with Crippen molar-refractivity contribution in [3.63, 3.8) is 0 Å². The normalized spacial score (nSPS) is 15.3. The lowest BCUT2D eigenvalue weighted by atomic mass is 9.87. The van der Waals surface area contributed by atoms with Gasteiger partial charge in [-0.2, -0.15) is 0 Å². The molecule has 10 nitrogen and oxygen atoms in total. The third-order valence-corrected chi connectivity index (χ3v) is 4.11. The van der Waals surface area contributed by atoms with E-state index in [0.29, 0.717) is 5.57 Å². The molecule has 25 heavy (non-hydrogen) atoms. The highest BCUT2D eigenvalue weighted by Gasteiger charge is 2.38. The maximum atomic E-state index is 11.4. The molecule has 2 aliphatic carbocycles. The van der Waals surface area contributed by atoms with Crippen LogP contribution in [0, 0.1) is 35.8 Å². The van der Waals surface area contributed by atoms with Crippen LogP contribution in [-0.4, -0.2) is 20.5 Å². The first-order chi connectivity index (χ1) is 11.8. The maximum Gasteiger partial charge on any atom is 0.284 e. The molecule has 0 atom stereocenters. The van der Waals surface area contributed by atoms with Crippen LogP contribution in [0.4, 0.5) is 11.4 Å². The van der Waals surface area contributed by atoms with Crippen molar-refractivity contribution in [2.45, 2.75) is 13.3 Å². The molecule has 1 N–H and O–H groups in total. The highest BCUT2D eigenvalue weighted by atomic mass is 16.6. The van der Waals surface area contributed by atoms with Crippen LogP contribution < -0.4 is 0 Å². The summed E-state index contributed by atoms with van der Waals surface area (Å²) in [6.07, 6.45) is 2.87. The number of nitrogens with zero attached hydrogens (tertiary/aromatic N) is 3. The first-order valence-electron chi connectivity index (χ1n) is 7.14. The third-order valence-electron chi connectivity index (χ3n) is 4.11. The first-order valence-corrected chi connectivity index (χ1v) is 7.14. The SMILES string of the molecule is CCC1=C([N+](=O)[O-])C=C2C(=Cc3cc([N+](=O)[O-])cc([N+](=O)[O-])c32)C1=N. The third kappa shape index (κ3) is 2.31. The number of hydrogen-bond donors (Lipinski definition) is 1. The van der Waals surface area contributed by atoms with Crippen LogP contribution in [0.15, 0.2) is 35.1 Å². The molecule has 0 aliphatic heterocycles. The summed E-state index contributed by atoms with van der Waals surface area (Å²) >= 11 is 0. The van der Waals surface area contributed by atoms with Crippen LogP contribution in [0.5, 0.6) is 0 Å². The largest absolute Gasteiger partial charge is 0.300 e. The summed E-state index contributed by atoms with van der Waals surface area (Å²) in [6, 6.07) is 1.99. The van der Waals surface area contributed by atoms with Crippen LogP contribution in [0.2, 0.25) is 0 Å². The van der Waals surface area contributed by atoms with Crippen molar-refractivity contribution in [3.05, 3.63) is 76.5 Å². The molecule has 0 spiro atoms. The Labute approximate surface area is 139 Å². The Morgan fingerprint density at radius 1 is 0.960 bits per heavy atom. The second-order valence-corrected chi connectivity index (χ2v) is 5.41. The van der Waals surface area contributed by atoms with Gasteiger partial charge >= 0.3 is 0 Å². The van der Waals surface area contributed by atoms with E-state index in [2.05, 4.69) is 0 Å². The summed E-state index contributed by atoms with van der Waals surface area (Å²) in [5.41, 5.74) is -0.420. The quantitative estimate of drug-likeness (QED) is 0.654. The molecule has 126 valence electrons. The fourth-order valence-corrected chi connectivity index (χ4v) is 3.05. The Kier molecular flexibility index (Phi) is 3.52. The molecular weight excluding hydrogens is 332 g/mol. The molecule has 10 heteroatoms. The van der Waals surface area contributed by atoms with Crippen LogP contribution in [-0.2, 0) is 0 Å². The second-order valence-electron chi connectivity index (χ2n) is 5.41. The monoisotopic (exact) mass is 342 g/mol. The summed E-state index contributed by atoms with van der Waals surface area (Å²) in [5, 5.41) is 41.9. The van der Waals surface area contributed by atoms with Gasteiger partial charge in [0.25, 0.3) is 17.1 Å². The Bertz CT molecular complexity index is 986. The van der Waals surface area contributed by atoms with Crippen LogP contribution in [0.3, 0.4) is 0 Å². The van der Waals surface area contributed by atoms with E-state index in [4.69, 9.17) is 5.41 Å². The topological polar surface area (TPSA) is 153 Å². The number of benzene rings is 1. The van der Waals surface area contributed by atoms with Crippen molar-refractivity contribution in [2.75, 3.05) is 0 Å². The zero-order chi connectivity index (χ0) is 18.5. The minimum atomic E-state index is -0.766. The minimum absolute atomic E-state index is 0.0600. The summed E-state index contributed by atoms with van der Waals surface area (Å²) in [7, 11) is 0. The number of nitro benzene ring substituents is 2. The molecule has 1 aromatic rings. The molecule has 1 aromatic carbocycles. The number of rotatable bonds is 4. The lowest BCUT2D eigenvalue weighted by molar-refractivity contribution is -0.419. The van der Waals surface area contributed by atoms with Crippen molar-refractivity contribution in [1.82, 2.24) is 0 Å². The highest BCUT2D eigenvalue weighted by molar-refractivity contribution is 6.28. The van der Waals surface area contributed by atoms with E-state index in [0.717, 1.165) is 6.07 Å². The van der Waals surface area contributed by atoms with Gasteiger partial charge in [-0.05, 0) is 18.1 Å². The van der Waals surface area contributed by atoms with E-state index in [1.165, 1.54) is 18.2 Å². The van der Waals surface area contributed by atoms with E-state index in [1.807, 2.05) is 0 Å². The molecule has 0 saturated carbocycles. The minimum Gasteiger partial charge on any atom is -0.300 e. The highest BCUT2D eigenvalue weighted by Crippen LogP contribution is 2.47.